The van der Waals surface area contributed by atoms with Gasteiger partial charge in [0, 0.05) is 30.2 Å². The third-order valence-corrected chi connectivity index (χ3v) is 3.64. The second-order valence-electron chi connectivity index (χ2n) is 5.10. The first-order chi connectivity index (χ1) is 9.22. The minimum Gasteiger partial charge on any atom is -0.382 e. The molecule has 1 aliphatic carbocycles. The van der Waals surface area contributed by atoms with Crippen molar-refractivity contribution in [3.63, 3.8) is 0 Å². The van der Waals surface area contributed by atoms with E-state index in [9.17, 15) is 4.79 Å². The van der Waals surface area contributed by atoms with Crippen LogP contribution in [0.3, 0.4) is 0 Å². The Morgan fingerprint density at radius 3 is 2.63 bits per heavy atom. The van der Waals surface area contributed by atoms with Crippen LogP contribution in [0.2, 0.25) is 0 Å². The number of aromatic nitrogens is 2. The smallest absolute Gasteiger partial charge is 0.330 e. The van der Waals surface area contributed by atoms with E-state index >= 15 is 0 Å². The zero-order valence-electron chi connectivity index (χ0n) is 10.7. The summed E-state index contributed by atoms with van der Waals surface area (Å²) in [6.45, 7) is 0. The maximum absolute atomic E-state index is 11.5. The van der Waals surface area contributed by atoms with Crippen LogP contribution in [0, 0.1) is 0 Å². The zero-order valence-corrected chi connectivity index (χ0v) is 10.7. The van der Waals surface area contributed by atoms with Gasteiger partial charge in [-0.05, 0) is 43.5 Å². The number of nitrogens with two attached hydrogens (primary N) is 1. The largest absolute Gasteiger partial charge is 0.382 e. The molecule has 3 rings (SSSR count). The minimum atomic E-state index is -0.123. The zero-order chi connectivity index (χ0) is 13.2. The molecule has 0 saturated heterocycles. The van der Waals surface area contributed by atoms with Gasteiger partial charge in [-0.15, -0.1) is 0 Å². The van der Waals surface area contributed by atoms with Gasteiger partial charge >= 0.3 is 5.69 Å². The van der Waals surface area contributed by atoms with E-state index < -0.39 is 0 Å². The van der Waals surface area contributed by atoms with Gasteiger partial charge in [-0.25, -0.2) is 4.79 Å². The Morgan fingerprint density at radius 1 is 1.26 bits per heavy atom. The summed E-state index contributed by atoms with van der Waals surface area (Å²) < 4.78 is 1.58. The second-order valence-corrected chi connectivity index (χ2v) is 5.10. The number of anilines is 1. The molecule has 0 aliphatic heterocycles. The van der Waals surface area contributed by atoms with E-state index in [0.717, 1.165) is 30.6 Å². The highest BCUT2D eigenvalue weighted by Gasteiger charge is 2.21. The molecule has 1 aromatic heterocycles. The van der Waals surface area contributed by atoms with Crippen molar-refractivity contribution < 1.29 is 0 Å². The average Bonchev–Trinajstić information content (AvgIpc) is 3.00. The minimum absolute atomic E-state index is 0.123. The molecule has 0 bridgehead atoms. The Balaban J connectivity index is 1.73. The number of imidazole rings is 1. The highest BCUT2D eigenvalue weighted by molar-refractivity contribution is 5.49. The summed E-state index contributed by atoms with van der Waals surface area (Å²) >= 11 is 0. The molecule has 19 heavy (non-hydrogen) atoms. The van der Waals surface area contributed by atoms with Gasteiger partial charge in [0.25, 0.3) is 0 Å². The summed E-state index contributed by atoms with van der Waals surface area (Å²) in [7, 11) is 0. The molecular formula is C14H18N4O. The number of rotatable bonds is 3. The molecular weight excluding hydrogens is 240 g/mol. The molecule has 2 atom stereocenters. The highest BCUT2D eigenvalue weighted by atomic mass is 16.1. The molecule has 100 valence electrons. The van der Waals surface area contributed by atoms with Crippen LogP contribution in [0.15, 0.2) is 41.5 Å². The van der Waals surface area contributed by atoms with Gasteiger partial charge in [-0.3, -0.25) is 4.57 Å². The van der Waals surface area contributed by atoms with Crippen LogP contribution in [0.5, 0.6) is 0 Å². The number of H-pyrrole nitrogens is 1. The van der Waals surface area contributed by atoms with Crippen molar-refractivity contribution in [1.82, 2.24) is 9.55 Å². The van der Waals surface area contributed by atoms with E-state index in [1.165, 1.54) is 0 Å². The quantitative estimate of drug-likeness (QED) is 0.780. The van der Waals surface area contributed by atoms with E-state index in [4.69, 9.17) is 5.73 Å². The Kier molecular flexibility index (Phi) is 3.13. The molecule has 4 N–H and O–H groups in total. The average molecular weight is 258 g/mol. The normalized spacial score (nSPS) is 22.6. The predicted octanol–water partition coefficient (Wildman–Crippen LogP) is 1.46. The first kappa shape index (κ1) is 12.0. The molecule has 5 nitrogen and oxygen atoms in total. The van der Waals surface area contributed by atoms with Crippen molar-refractivity contribution in [3.05, 3.63) is 47.1 Å². The monoisotopic (exact) mass is 258 g/mol. The van der Waals surface area contributed by atoms with Gasteiger partial charge in [0.15, 0.2) is 0 Å². The van der Waals surface area contributed by atoms with Gasteiger partial charge in [0.1, 0.15) is 0 Å². The van der Waals surface area contributed by atoms with Gasteiger partial charge in [0.2, 0.25) is 0 Å². The molecule has 2 unspecified atom stereocenters. The number of aromatic amines is 1. The first-order valence-corrected chi connectivity index (χ1v) is 6.61. The summed E-state index contributed by atoms with van der Waals surface area (Å²) in [5.74, 6) is 0. The topological polar surface area (TPSA) is 75.8 Å². The van der Waals surface area contributed by atoms with Crippen LogP contribution in [0.25, 0.3) is 5.69 Å². The molecule has 1 aromatic carbocycles. The fourth-order valence-corrected chi connectivity index (χ4v) is 2.63. The Morgan fingerprint density at radius 2 is 2.05 bits per heavy atom. The number of nitrogens with zero attached hydrogens (tertiary/aromatic N) is 1. The van der Waals surface area contributed by atoms with E-state index in [2.05, 4.69) is 10.3 Å². The molecule has 1 aliphatic rings. The first-order valence-electron chi connectivity index (χ1n) is 6.61. The van der Waals surface area contributed by atoms with Crippen molar-refractivity contribution >= 4 is 5.69 Å². The summed E-state index contributed by atoms with van der Waals surface area (Å²) in [5.41, 5.74) is 7.72. The fourth-order valence-electron chi connectivity index (χ4n) is 2.63. The van der Waals surface area contributed by atoms with Gasteiger partial charge < -0.3 is 16.0 Å². The van der Waals surface area contributed by atoms with Gasteiger partial charge in [-0.2, -0.15) is 0 Å². The van der Waals surface area contributed by atoms with Crippen LogP contribution in [-0.2, 0) is 0 Å². The molecule has 0 radical (unpaired) electrons. The third-order valence-electron chi connectivity index (χ3n) is 3.64. The van der Waals surface area contributed by atoms with Crippen molar-refractivity contribution in [2.24, 2.45) is 5.73 Å². The lowest BCUT2D eigenvalue weighted by atomic mass is 10.2. The molecule has 5 heteroatoms. The molecule has 0 spiro atoms. The summed E-state index contributed by atoms with van der Waals surface area (Å²) in [6, 6.07) is 8.67. The van der Waals surface area contributed by atoms with Gasteiger partial charge in [0.05, 0.1) is 5.69 Å². The number of nitrogens with one attached hydrogen (secondary N) is 2. The lowest BCUT2D eigenvalue weighted by molar-refractivity contribution is 0.688. The second kappa shape index (κ2) is 4.93. The van der Waals surface area contributed by atoms with Crippen molar-refractivity contribution in [3.8, 4) is 5.69 Å². The SMILES string of the molecule is NC1CCC(Nc2ccc(-n3cc[nH]c3=O)cc2)C1. The van der Waals surface area contributed by atoms with Crippen LogP contribution >= 0.6 is 0 Å². The van der Waals surface area contributed by atoms with Gasteiger partial charge in [-0.1, -0.05) is 0 Å². The summed E-state index contributed by atoms with van der Waals surface area (Å²) in [5, 5.41) is 3.48. The molecule has 0 amide bonds. The van der Waals surface area contributed by atoms with Crippen molar-refractivity contribution in [2.75, 3.05) is 5.32 Å². The number of hydrogen-bond acceptors (Lipinski definition) is 3. The van der Waals surface area contributed by atoms with E-state index in [1.54, 1.807) is 17.0 Å². The molecule has 1 saturated carbocycles. The Bertz CT molecular complexity index is 598. The van der Waals surface area contributed by atoms with Crippen LogP contribution in [-0.4, -0.2) is 21.6 Å². The van der Waals surface area contributed by atoms with Crippen LogP contribution < -0.4 is 16.7 Å². The van der Waals surface area contributed by atoms with E-state index in [0.29, 0.717) is 12.1 Å². The maximum atomic E-state index is 11.5. The Hall–Kier alpha value is -2.01. The number of benzene rings is 1. The molecule has 1 fully saturated rings. The maximum Gasteiger partial charge on any atom is 0.330 e. The highest BCUT2D eigenvalue weighted by Crippen LogP contribution is 2.22. The third kappa shape index (κ3) is 2.56. The van der Waals surface area contributed by atoms with E-state index in [-0.39, 0.29) is 5.69 Å². The Labute approximate surface area is 111 Å². The standard InChI is InChI=1S/C14H18N4O/c15-10-1-2-12(9-10)17-11-3-5-13(6-4-11)18-8-7-16-14(18)19/h3-8,10,12,17H,1-2,9,15H2,(H,16,19). The van der Waals surface area contributed by atoms with Crippen molar-refractivity contribution in [1.29, 1.82) is 0 Å². The van der Waals surface area contributed by atoms with Crippen molar-refractivity contribution in [2.45, 2.75) is 31.3 Å². The van der Waals surface area contributed by atoms with Crippen LogP contribution in [0.1, 0.15) is 19.3 Å². The lowest BCUT2D eigenvalue weighted by Crippen LogP contribution is -2.20. The number of hydrogen-bond donors (Lipinski definition) is 3. The van der Waals surface area contributed by atoms with Crippen LogP contribution in [0.4, 0.5) is 5.69 Å². The lowest BCUT2D eigenvalue weighted by Gasteiger charge is -2.14. The predicted molar refractivity (Wildman–Crippen MR) is 75.6 cm³/mol. The fraction of sp³-hybridized carbons (Fsp3) is 0.357. The summed E-state index contributed by atoms with van der Waals surface area (Å²) in [6.07, 6.45) is 6.60. The molecule has 1 heterocycles. The summed E-state index contributed by atoms with van der Waals surface area (Å²) in [4.78, 5) is 14.1. The van der Waals surface area contributed by atoms with E-state index in [1.807, 2.05) is 24.3 Å². The molecule has 2 aromatic rings.